The van der Waals surface area contributed by atoms with Gasteiger partial charge in [0.05, 0.1) is 0 Å². The lowest BCUT2D eigenvalue weighted by molar-refractivity contribution is 1.29. The van der Waals surface area contributed by atoms with Gasteiger partial charge in [-0.1, -0.05) is 170 Å². The first-order valence-electron chi connectivity index (χ1n) is 16.8. The molecular formula is C48H36P+. The quantitative estimate of drug-likeness (QED) is 0.168. The van der Waals surface area contributed by atoms with E-state index in [1.807, 2.05) is 0 Å². The molecule has 0 nitrogen and oxygen atoms in total. The van der Waals surface area contributed by atoms with Gasteiger partial charge in [0.25, 0.3) is 0 Å². The van der Waals surface area contributed by atoms with E-state index < -0.39 is 7.26 Å². The van der Waals surface area contributed by atoms with Crippen molar-refractivity contribution in [3.8, 4) is 0 Å². The number of hydrogen-bond acceptors (Lipinski definition) is 0. The molecular weight excluding hydrogens is 608 g/mol. The minimum absolute atomic E-state index is 1.30. The Morgan fingerprint density at radius 1 is 0.163 bits per heavy atom. The summed E-state index contributed by atoms with van der Waals surface area (Å²) in [5.41, 5.74) is 0. The predicted molar refractivity (Wildman–Crippen MR) is 208 cm³/mol. The van der Waals surface area contributed by atoms with E-state index in [4.69, 9.17) is 0 Å². The lowest BCUT2D eigenvalue weighted by atomic mass is 10.0. The van der Waals surface area contributed by atoms with Gasteiger partial charge < -0.3 is 0 Å². The fraction of sp³-hybridized carbons (Fsp3) is 0. The van der Waals surface area contributed by atoms with E-state index in [9.17, 15) is 0 Å². The standard InChI is InChI=1S/C24H20P.C24H16/c1-5-13-21(14-6-1)25(22-15-7-2-8-16-22,23-17-9-3-10-18-23)24-19-11-4-12-20-24;1-2-10-18-17(9-1)19-11-3-4-13-21(19)23-15-7-8-16-24(23)22-14-6-5-12-20(18)22/h1-20H;1-16H/q+1;. The number of fused-ring (bicyclic) bond motifs is 4. The summed E-state index contributed by atoms with van der Waals surface area (Å²) in [6.07, 6.45) is 0. The van der Waals surface area contributed by atoms with Crippen LogP contribution in [0.3, 0.4) is 0 Å². The SMILES string of the molecule is c1ccc([P+](c2ccccc2)(c2ccccc2)c2ccccc2)cc1.c1ccc2c(c1)=c1ccccc1=c1ccccc1=c1ccccc1=2. The zero-order valence-electron chi connectivity index (χ0n) is 27.2. The molecule has 0 saturated heterocycles. The van der Waals surface area contributed by atoms with Gasteiger partial charge in [-0.05, 0) is 90.3 Å². The highest BCUT2D eigenvalue weighted by Crippen LogP contribution is 2.54. The molecule has 0 aliphatic heterocycles. The highest BCUT2D eigenvalue weighted by Gasteiger charge is 2.47. The van der Waals surface area contributed by atoms with Crippen LogP contribution in [0, 0.1) is 41.7 Å². The lowest BCUT2D eigenvalue weighted by Crippen LogP contribution is -2.38. The first-order valence-corrected chi connectivity index (χ1v) is 18.6. The molecule has 0 unspecified atom stereocenters. The first-order chi connectivity index (χ1) is 24.4. The van der Waals surface area contributed by atoms with Crippen molar-refractivity contribution < 1.29 is 0 Å². The topological polar surface area (TPSA) is 0 Å². The fourth-order valence-corrected chi connectivity index (χ4v) is 11.6. The Morgan fingerprint density at radius 3 is 0.469 bits per heavy atom. The van der Waals surface area contributed by atoms with Gasteiger partial charge in [-0.25, -0.2) is 0 Å². The van der Waals surface area contributed by atoms with Crippen LogP contribution in [0.4, 0.5) is 0 Å². The summed E-state index contributed by atoms with van der Waals surface area (Å²) in [5.74, 6) is 0. The van der Waals surface area contributed by atoms with E-state index in [0.29, 0.717) is 0 Å². The summed E-state index contributed by atoms with van der Waals surface area (Å²) in [7, 11) is -1.91. The number of rotatable bonds is 4. The molecule has 232 valence electrons. The van der Waals surface area contributed by atoms with Gasteiger partial charge >= 0.3 is 0 Å². The van der Waals surface area contributed by atoms with E-state index in [-0.39, 0.29) is 0 Å². The van der Waals surface area contributed by atoms with E-state index in [0.717, 1.165) is 0 Å². The van der Waals surface area contributed by atoms with Crippen molar-refractivity contribution in [2.24, 2.45) is 0 Å². The third-order valence-electron chi connectivity index (χ3n) is 9.44. The second kappa shape index (κ2) is 13.7. The van der Waals surface area contributed by atoms with Crippen LogP contribution in [0.25, 0.3) is 0 Å². The molecule has 1 aliphatic carbocycles. The van der Waals surface area contributed by atoms with Gasteiger partial charge in [0, 0.05) is 0 Å². The van der Waals surface area contributed by atoms with Crippen LogP contribution in [0.1, 0.15) is 0 Å². The maximum atomic E-state index is 2.28. The Morgan fingerprint density at radius 2 is 0.306 bits per heavy atom. The molecule has 49 heavy (non-hydrogen) atoms. The van der Waals surface area contributed by atoms with E-state index in [2.05, 4.69) is 218 Å². The van der Waals surface area contributed by atoms with E-state index in [1.54, 1.807) is 0 Å². The van der Waals surface area contributed by atoms with Crippen molar-refractivity contribution in [3.63, 3.8) is 0 Å². The molecule has 1 aliphatic rings. The zero-order chi connectivity index (χ0) is 32.9. The van der Waals surface area contributed by atoms with Crippen LogP contribution in [0.15, 0.2) is 218 Å². The van der Waals surface area contributed by atoms with Crippen molar-refractivity contribution in [2.75, 3.05) is 0 Å². The van der Waals surface area contributed by atoms with Crippen LogP contribution < -0.4 is 21.2 Å². The third kappa shape index (κ3) is 5.61. The molecule has 0 bridgehead atoms. The lowest BCUT2D eigenvalue weighted by Gasteiger charge is -2.27. The molecule has 0 heterocycles. The first kappa shape index (κ1) is 30.5. The predicted octanol–water partition coefficient (Wildman–Crippen LogP) is 9.45. The Bertz CT molecular complexity index is 2200. The van der Waals surface area contributed by atoms with Crippen molar-refractivity contribution in [1.29, 1.82) is 0 Å². The minimum Gasteiger partial charge on any atom is -0.0620 e. The van der Waals surface area contributed by atoms with Gasteiger partial charge in [-0.3, -0.25) is 0 Å². The van der Waals surface area contributed by atoms with Crippen molar-refractivity contribution in [3.05, 3.63) is 260 Å². The van der Waals surface area contributed by atoms with Crippen LogP contribution in [0.5, 0.6) is 0 Å². The molecule has 1 heteroatoms. The Labute approximate surface area is 287 Å². The molecule has 0 atom stereocenters. The average Bonchev–Trinajstić information content (AvgIpc) is 3.20. The molecule has 0 fully saturated rings. The molecule has 9 rings (SSSR count). The molecule has 0 radical (unpaired) electrons. The van der Waals surface area contributed by atoms with Crippen LogP contribution in [-0.2, 0) is 0 Å². The van der Waals surface area contributed by atoms with Gasteiger partial charge in [0.2, 0.25) is 0 Å². The maximum absolute atomic E-state index is 2.28. The van der Waals surface area contributed by atoms with Crippen LogP contribution in [0.2, 0.25) is 0 Å². The van der Waals surface area contributed by atoms with Crippen LogP contribution >= 0.6 is 7.26 Å². The zero-order valence-corrected chi connectivity index (χ0v) is 28.1. The summed E-state index contributed by atoms with van der Waals surface area (Å²) < 4.78 is 0. The largest absolute Gasteiger partial charge is 0.144 e. The molecule has 0 spiro atoms. The Balaban J connectivity index is 0.000000142. The van der Waals surface area contributed by atoms with Crippen molar-refractivity contribution in [1.82, 2.24) is 0 Å². The van der Waals surface area contributed by atoms with Crippen molar-refractivity contribution >= 4 is 28.5 Å². The highest BCUT2D eigenvalue weighted by molar-refractivity contribution is 8.01. The fourth-order valence-electron chi connectivity index (χ4n) is 7.31. The summed E-state index contributed by atoms with van der Waals surface area (Å²) in [5, 5.41) is 16.0. The number of benzene rings is 8. The average molecular weight is 644 g/mol. The Kier molecular flexibility index (Phi) is 8.55. The molecule has 0 saturated carbocycles. The highest BCUT2D eigenvalue weighted by atomic mass is 31.2. The van der Waals surface area contributed by atoms with E-state index >= 15 is 0 Å². The normalized spacial score (nSPS) is 11.3. The second-order valence-corrected chi connectivity index (χ2v) is 15.6. The third-order valence-corrected chi connectivity index (χ3v) is 13.7. The minimum atomic E-state index is -1.91. The molecule has 8 aromatic carbocycles. The summed E-state index contributed by atoms with van der Waals surface area (Å²) in [6.45, 7) is 0. The summed E-state index contributed by atoms with van der Waals surface area (Å²) in [6, 6.07) is 78.8. The second-order valence-electron chi connectivity index (χ2n) is 12.2. The molecule has 0 aromatic heterocycles. The van der Waals surface area contributed by atoms with Gasteiger partial charge in [-0.15, -0.1) is 0 Å². The van der Waals surface area contributed by atoms with Gasteiger partial charge in [-0.2, -0.15) is 0 Å². The molecule has 0 amide bonds. The van der Waals surface area contributed by atoms with Gasteiger partial charge in [0.1, 0.15) is 28.5 Å². The maximum Gasteiger partial charge on any atom is 0.144 e. The smallest absolute Gasteiger partial charge is 0.0620 e. The summed E-state index contributed by atoms with van der Waals surface area (Å²) >= 11 is 0. The Hall–Kier alpha value is -5.81. The molecule has 0 N–H and O–H groups in total. The van der Waals surface area contributed by atoms with Crippen molar-refractivity contribution in [2.45, 2.75) is 0 Å². The number of hydrogen-bond donors (Lipinski definition) is 0. The molecule has 8 aromatic rings. The summed E-state index contributed by atoms with van der Waals surface area (Å²) in [4.78, 5) is 0. The monoisotopic (exact) mass is 643 g/mol. The van der Waals surface area contributed by atoms with E-state index in [1.165, 1.54) is 63.0 Å². The van der Waals surface area contributed by atoms with Gasteiger partial charge in [0.15, 0.2) is 0 Å². The van der Waals surface area contributed by atoms with Crippen LogP contribution in [-0.4, -0.2) is 0 Å².